The molecule has 0 fully saturated rings. The minimum atomic E-state index is -0.131. The molecule has 0 spiro atoms. The Hall–Kier alpha value is -0.910. The summed E-state index contributed by atoms with van der Waals surface area (Å²) in [4.78, 5) is 11.1. The van der Waals surface area contributed by atoms with E-state index in [1.807, 2.05) is 7.05 Å². The maximum atomic E-state index is 11.1. The quantitative estimate of drug-likeness (QED) is 0.425. The van der Waals surface area contributed by atoms with E-state index in [-0.39, 0.29) is 8.76 Å². The first-order valence-electron chi connectivity index (χ1n) is 5.42. The smallest absolute Gasteiger partial charge is 0.246 e. The molecule has 2 N–H and O–H groups in total. The zero-order valence-electron chi connectivity index (χ0n) is 10.2. The van der Waals surface area contributed by atoms with E-state index < -0.39 is 0 Å². The van der Waals surface area contributed by atoms with E-state index in [1.165, 1.54) is 0 Å². The Bertz CT molecular complexity index is 216. The molecule has 98 valence electrons. The summed E-state index contributed by atoms with van der Waals surface area (Å²) in [6, 6.07) is 0. The normalized spacial score (nSPS) is 10.1. The number of carbonyl (C=O) groups is 1. The van der Waals surface area contributed by atoms with Crippen molar-refractivity contribution in [2.75, 3.05) is 46.6 Å². The largest absolute Gasteiger partial charge is 0.378 e. The molecule has 0 aliphatic heterocycles. The molecular weight excluding hydrogens is 208 g/mol. The van der Waals surface area contributed by atoms with E-state index in [0.717, 1.165) is 6.54 Å². The second kappa shape index (κ2) is 10.6. The van der Waals surface area contributed by atoms with Crippen molar-refractivity contribution in [1.82, 2.24) is 10.6 Å². The van der Waals surface area contributed by atoms with E-state index in [2.05, 4.69) is 17.2 Å². The summed E-state index contributed by atoms with van der Waals surface area (Å²) in [6.07, 6.45) is 0. The summed E-state index contributed by atoms with van der Waals surface area (Å²) in [7, 11) is 1.88. The maximum absolute atomic E-state index is 11.1. The highest BCUT2D eigenvalue weighted by Crippen LogP contribution is 1.84. The van der Waals surface area contributed by atoms with Crippen LogP contribution in [0.3, 0.4) is 0 Å². The molecular formula is C11H26N2O3. The van der Waals surface area contributed by atoms with E-state index in [1.54, 1.807) is 6.92 Å². The van der Waals surface area contributed by atoms with Gasteiger partial charge in [0.05, 0.1) is 26.4 Å². The van der Waals surface area contributed by atoms with Crippen molar-refractivity contribution < 1.29 is 17.1 Å². The monoisotopic (exact) mass is 234 g/mol. The first kappa shape index (κ1) is 15.1. The molecule has 5 heteroatoms. The van der Waals surface area contributed by atoms with Crippen LogP contribution in [0.2, 0.25) is 0 Å². The van der Waals surface area contributed by atoms with Gasteiger partial charge in [-0.05, 0) is 14.0 Å². The molecule has 0 aromatic heterocycles. The Morgan fingerprint density at radius 3 is 2.25 bits per heavy atom. The van der Waals surface area contributed by atoms with Crippen LogP contribution < -0.4 is 10.6 Å². The molecule has 0 radical (unpaired) electrons. The van der Waals surface area contributed by atoms with Crippen molar-refractivity contribution in [3.05, 3.63) is 12.2 Å². The topological polar surface area (TPSA) is 59.6 Å². The van der Waals surface area contributed by atoms with Gasteiger partial charge < -0.3 is 20.1 Å². The highest BCUT2D eigenvalue weighted by Gasteiger charge is 1.99. The Morgan fingerprint density at radius 1 is 1.19 bits per heavy atom. The highest BCUT2D eigenvalue weighted by molar-refractivity contribution is 5.91. The molecule has 0 heterocycles. The second-order valence-corrected chi connectivity index (χ2v) is 3.36. The number of likely N-dealkylation sites (N-methyl/N-ethyl adjacent to an activating group) is 1. The fourth-order valence-electron chi connectivity index (χ4n) is 0.884. The molecule has 0 saturated heterocycles. The van der Waals surface area contributed by atoms with Gasteiger partial charge >= 0.3 is 0 Å². The summed E-state index contributed by atoms with van der Waals surface area (Å²) in [6.45, 7) is 8.86. The van der Waals surface area contributed by atoms with Crippen molar-refractivity contribution in [3.8, 4) is 0 Å². The van der Waals surface area contributed by atoms with Gasteiger partial charge in [0.25, 0.3) is 0 Å². The molecule has 0 unspecified atom stereocenters. The van der Waals surface area contributed by atoms with Crippen LogP contribution in [0.15, 0.2) is 12.2 Å². The van der Waals surface area contributed by atoms with Gasteiger partial charge in [-0.15, -0.1) is 0 Å². The highest BCUT2D eigenvalue weighted by atomic mass is 16.5. The third kappa shape index (κ3) is 9.64. The number of amides is 1. The van der Waals surface area contributed by atoms with E-state index in [4.69, 9.17) is 9.47 Å². The molecule has 0 aliphatic carbocycles. The fraction of sp³-hybridized carbons (Fsp3) is 0.727. The molecule has 0 aromatic rings. The number of nitrogens with one attached hydrogen (secondary N) is 2. The summed E-state index contributed by atoms with van der Waals surface area (Å²) < 4.78 is 10.5. The van der Waals surface area contributed by atoms with Crippen LogP contribution >= 0.6 is 0 Å². The van der Waals surface area contributed by atoms with Gasteiger partial charge in [-0.2, -0.15) is 0 Å². The molecule has 5 nitrogen and oxygen atoms in total. The number of rotatable bonds is 10. The average molecular weight is 234 g/mol. The van der Waals surface area contributed by atoms with Gasteiger partial charge in [0, 0.05) is 21.5 Å². The summed E-state index contributed by atoms with van der Waals surface area (Å²) in [5.74, 6) is -0.131. The standard InChI is InChI=1S/C11H22N2O3.2H2/c1-10(2)11(14)13-5-7-16-9-8-15-6-4-12-3;;/h12H,1,4-9H2,2-3H3,(H,13,14);2*1H. The van der Waals surface area contributed by atoms with Crippen molar-refractivity contribution >= 4 is 5.91 Å². The Kier molecular flexibility index (Phi) is 10.00. The van der Waals surface area contributed by atoms with Crippen LogP contribution in [0, 0.1) is 0 Å². The van der Waals surface area contributed by atoms with Crippen molar-refractivity contribution in [2.45, 2.75) is 6.92 Å². The van der Waals surface area contributed by atoms with Gasteiger partial charge in [0.15, 0.2) is 0 Å². The molecule has 0 rings (SSSR count). The van der Waals surface area contributed by atoms with Gasteiger partial charge in [-0.1, -0.05) is 6.58 Å². The fourth-order valence-corrected chi connectivity index (χ4v) is 0.884. The second-order valence-electron chi connectivity index (χ2n) is 3.36. The predicted octanol–water partition coefficient (Wildman–Crippen LogP) is 0.423. The van der Waals surface area contributed by atoms with Crippen molar-refractivity contribution in [1.29, 1.82) is 0 Å². The SMILES string of the molecule is C=C(C)C(=O)NCCOCCOCCNC.[HH].[HH]. The van der Waals surface area contributed by atoms with Crippen LogP contribution in [0.1, 0.15) is 9.78 Å². The van der Waals surface area contributed by atoms with Gasteiger partial charge in [0.1, 0.15) is 0 Å². The zero-order chi connectivity index (χ0) is 12.2. The van der Waals surface area contributed by atoms with E-state index in [9.17, 15) is 4.79 Å². The maximum Gasteiger partial charge on any atom is 0.246 e. The lowest BCUT2D eigenvalue weighted by Gasteiger charge is -2.06. The van der Waals surface area contributed by atoms with E-state index >= 15 is 0 Å². The first-order valence-corrected chi connectivity index (χ1v) is 5.42. The molecule has 16 heavy (non-hydrogen) atoms. The number of ether oxygens (including phenoxy) is 2. The lowest BCUT2D eigenvalue weighted by molar-refractivity contribution is -0.117. The molecule has 0 aliphatic rings. The third-order valence-corrected chi connectivity index (χ3v) is 1.79. The molecule has 0 aromatic carbocycles. The lowest BCUT2D eigenvalue weighted by Crippen LogP contribution is -2.28. The van der Waals surface area contributed by atoms with Gasteiger partial charge in [-0.3, -0.25) is 4.79 Å². The predicted molar refractivity (Wildman–Crippen MR) is 67.6 cm³/mol. The Labute approximate surface area is 100 Å². The first-order chi connectivity index (χ1) is 7.68. The molecule has 0 saturated carbocycles. The number of hydrogen-bond acceptors (Lipinski definition) is 4. The molecule has 0 bridgehead atoms. The van der Waals surface area contributed by atoms with Crippen molar-refractivity contribution in [3.63, 3.8) is 0 Å². The lowest BCUT2D eigenvalue weighted by atomic mass is 10.3. The third-order valence-electron chi connectivity index (χ3n) is 1.79. The van der Waals surface area contributed by atoms with Crippen LogP contribution in [-0.2, 0) is 14.3 Å². The van der Waals surface area contributed by atoms with Gasteiger partial charge in [0.2, 0.25) is 5.91 Å². The van der Waals surface area contributed by atoms with Crippen LogP contribution in [0.4, 0.5) is 0 Å². The van der Waals surface area contributed by atoms with Crippen LogP contribution in [0.5, 0.6) is 0 Å². The minimum Gasteiger partial charge on any atom is -0.378 e. The minimum absolute atomic E-state index is 0. The van der Waals surface area contributed by atoms with Gasteiger partial charge in [-0.25, -0.2) is 0 Å². The Balaban J connectivity index is -0.00000112. The zero-order valence-corrected chi connectivity index (χ0v) is 10.2. The average Bonchev–Trinajstić information content (AvgIpc) is 2.26. The number of hydrogen-bond donors (Lipinski definition) is 2. The van der Waals surface area contributed by atoms with Crippen molar-refractivity contribution in [2.24, 2.45) is 0 Å². The summed E-state index contributed by atoms with van der Waals surface area (Å²) >= 11 is 0. The van der Waals surface area contributed by atoms with E-state index in [0.29, 0.717) is 38.5 Å². The summed E-state index contributed by atoms with van der Waals surface area (Å²) in [5, 5.41) is 5.66. The molecule has 1 amide bonds. The summed E-state index contributed by atoms with van der Waals surface area (Å²) in [5.41, 5.74) is 0.510. The Morgan fingerprint density at radius 2 is 1.75 bits per heavy atom. The molecule has 0 atom stereocenters. The van der Waals surface area contributed by atoms with Crippen LogP contribution in [-0.4, -0.2) is 52.5 Å². The van der Waals surface area contributed by atoms with Crippen LogP contribution in [0.25, 0.3) is 0 Å². The number of carbonyl (C=O) groups excluding carboxylic acids is 1.